The van der Waals surface area contributed by atoms with E-state index in [2.05, 4.69) is 18.3 Å². The second kappa shape index (κ2) is 4.97. The van der Waals surface area contributed by atoms with Gasteiger partial charge in [0, 0.05) is 0 Å². The highest BCUT2D eigenvalue weighted by Crippen LogP contribution is 1.98. The van der Waals surface area contributed by atoms with E-state index in [4.69, 9.17) is 0 Å². The third kappa shape index (κ3) is 3.41. The Morgan fingerprint density at radius 2 is 2.22 bits per heavy atom. The second-order valence-electron chi connectivity index (χ2n) is 1.45. The van der Waals surface area contributed by atoms with Crippen LogP contribution in [0.2, 0.25) is 0 Å². The normalized spacial score (nSPS) is 10.4. The molecule has 2 nitrogen and oxygen atoms in total. The van der Waals surface area contributed by atoms with E-state index in [0.29, 0.717) is 12.1 Å². The van der Waals surface area contributed by atoms with Crippen LogP contribution in [0.5, 0.6) is 0 Å². The lowest BCUT2D eigenvalue weighted by Gasteiger charge is -1.82. The monoisotopic (exact) mass is 123 g/mol. The molecule has 0 saturated carbocycles. The minimum Gasteiger partial charge on any atom is -0.145 e. The molecule has 48 valence electrons. The first-order chi connectivity index (χ1) is 4.35. The molecular weight excluding hydrogens is 114 g/mol. The van der Waals surface area contributed by atoms with Crippen LogP contribution >= 0.6 is 0 Å². The van der Waals surface area contributed by atoms with Gasteiger partial charge >= 0.3 is 0 Å². The first-order valence-electron chi connectivity index (χ1n) is 2.62. The fraction of sp³-hybridized carbons (Fsp3) is 0.143. The number of hydrogen-bond acceptors (Lipinski definition) is 2. The molecule has 0 aromatic heterocycles. The van der Waals surface area contributed by atoms with Gasteiger partial charge in [-0.3, -0.25) is 0 Å². The summed E-state index contributed by atoms with van der Waals surface area (Å²) < 4.78 is 0. The van der Waals surface area contributed by atoms with Crippen LogP contribution in [0, 0.1) is 4.91 Å². The van der Waals surface area contributed by atoms with Crippen LogP contribution in [-0.4, -0.2) is 0 Å². The van der Waals surface area contributed by atoms with Crippen molar-refractivity contribution in [3.05, 3.63) is 42.0 Å². The van der Waals surface area contributed by atoms with Gasteiger partial charge in [-0.05, 0) is 17.7 Å². The van der Waals surface area contributed by atoms with Gasteiger partial charge in [0.15, 0.2) is 0 Å². The Labute approximate surface area is 54.6 Å². The molecule has 9 heavy (non-hydrogen) atoms. The van der Waals surface area contributed by atoms with Crippen molar-refractivity contribution < 1.29 is 0 Å². The zero-order chi connectivity index (χ0) is 7.11. The molecule has 2 heteroatoms. The SMILES string of the molecule is C=CCC=C(C=C)N=O. The maximum absolute atomic E-state index is 9.82. The summed E-state index contributed by atoms with van der Waals surface area (Å²) in [5, 5.41) is 2.69. The molecule has 0 aliphatic carbocycles. The standard InChI is InChI=1S/C7H9NO/c1-3-5-6-7(4-2)8-9/h3-4,6H,1-2,5H2. The lowest BCUT2D eigenvalue weighted by molar-refractivity contribution is 1.29. The Bertz CT molecular complexity index is 137. The van der Waals surface area contributed by atoms with Crippen molar-refractivity contribution in [3.63, 3.8) is 0 Å². The molecule has 0 bridgehead atoms. The van der Waals surface area contributed by atoms with Crippen LogP contribution in [0.1, 0.15) is 6.42 Å². The van der Waals surface area contributed by atoms with Crippen LogP contribution in [-0.2, 0) is 0 Å². The van der Waals surface area contributed by atoms with Crippen LogP contribution < -0.4 is 0 Å². The Kier molecular flexibility index (Phi) is 4.32. The van der Waals surface area contributed by atoms with E-state index in [1.54, 1.807) is 12.2 Å². The molecule has 0 N–H and O–H groups in total. The maximum atomic E-state index is 9.82. The molecule has 0 radical (unpaired) electrons. The van der Waals surface area contributed by atoms with Crippen molar-refractivity contribution in [3.8, 4) is 0 Å². The van der Waals surface area contributed by atoms with Gasteiger partial charge in [-0.25, -0.2) is 0 Å². The Morgan fingerprint density at radius 1 is 1.56 bits per heavy atom. The second-order valence-corrected chi connectivity index (χ2v) is 1.45. The molecule has 0 atom stereocenters. The van der Waals surface area contributed by atoms with Crippen LogP contribution in [0.3, 0.4) is 0 Å². The minimum absolute atomic E-state index is 0.370. The van der Waals surface area contributed by atoms with Crippen LogP contribution in [0.25, 0.3) is 0 Å². The van der Waals surface area contributed by atoms with Crippen molar-refractivity contribution in [2.24, 2.45) is 5.18 Å². The van der Waals surface area contributed by atoms with Gasteiger partial charge in [0.1, 0.15) is 5.70 Å². The van der Waals surface area contributed by atoms with E-state index in [-0.39, 0.29) is 0 Å². The molecule has 0 aromatic rings. The molecule has 0 saturated heterocycles. The number of allylic oxidation sites excluding steroid dienone is 3. The molecule has 0 fully saturated rings. The quantitative estimate of drug-likeness (QED) is 0.320. The first kappa shape index (κ1) is 7.82. The number of nitroso groups, excluding NO2 is 1. The van der Waals surface area contributed by atoms with Gasteiger partial charge in [-0.2, -0.15) is 0 Å². The predicted octanol–water partition coefficient (Wildman–Crippen LogP) is 2.40. The summed E-state index contributed by atoms with van der Waals surface area (Å²) in [7, 11) is 0. The summed E-state index contributed by atoms with van der Waals surface area (Å²) >= 11 is 0. The Morgan fingerprint density at radius 3 is 2.56 bits per heavy atom. The van der Waals surface area contributed by atoms with E-state index in [1.807, 2.05) is 0 Å². The largest absolute Gasteiger partial charge is 0.145 e. The minimum atomic E-state index is 0.370. The van der Waals surface area contributed by atoms with Gasteiger partial charge < -0.3 is 0 Å². The van der Waals surface area contributed by atoms with Gasteiger partial charge in [0.2, 0.25) is 0 Å². The van der Waals surface area contributed by atoms with Crippen molar-refractivity contribution in [1.29, 1.82) is 0 Å². The highest BCUT2D eigenvalue weighted by atomic mass is 16.3. The highest BCUT2D eigenvalue weighted by Gasteiger charge is 1.83. The summed E-state index contributed by atoms with van der Waals surface area (Å²) in [6.45, 7) is 6.87. The molecule has 0 amide bonds. The fourth-order valence-corrected chi connectivity index (χ4v) is 0.362. The van der Waals surface area contributed by atoms with Gasteiger partial charge in [0.05, 0.1) is 0 Å². The zero-order valence-corrected chi connectivity index (χ0v) is 5.21. The van der Waals surface area contributed by atoms with Crippen molar-refractivity contribution in [2.75, 3.05) is 0 Å². The summed E-state index contributed by atoms with van der Waals surface area (Å²) in [6, 6.07) is 0. The number of hydrogen-bond donors (Lipinski definition) is 0. The first-order valence-corrected chi connectivity index (χ1v) is 2.62. The topological polar surface area (TPSA) is 29.4 Å². The average molecular weight is 123 g/mol. The smallest absolute Gasteiger partial charge is 0.103 e. The van der Waals surface area contributed by atoms with E-state index in [1.165, 1.54) is 6.08 Å². The summed E-state index contributed by atoms with van der Waals surface area (Å²) in [5.74, 6) is 0. The highest BCUT2D eigenvalue weighted by molar-refractivity contribution is 5.14. The number of rotatable bonds is 4. The average Bonchev–Trinajstić information content (AvgIpc) is 1.91. The van der Waals surface area contributed by atoms with Crippen LogP contribution in [0.15, 0.2) is 42.3 Å². The molecule has 0 aliphatic heterocycles. The predicted molar refractivity (Wildman–Crippen MR) is 38.9 cm³/mol. The van der Waals surface area contributed by atoms with E-state index in [0.717, 1.165) is 0 Å². The van der Waals surface area contributed by atoms with Gasteiger partial charge in [-0.1, -0.05) is 18.7 Å². The van der Waals surface area contributed by atoms with Gasteiger partial charge in [0.25, 0.3) is 0 Å². The molecule has 0 unspecified atom stereocenters. The third-order valence-corrected chi connectivity index (χ3v) is 0.808. The fourth-order valence-electron chi connectivity index (χ4n) is 0.362. The summed E-state index contributed by atoms with van der Waals surface area (Å²) in [6.07, 6.45) is 5.42. The van der Waals surface area contributed by atoms with Crippen molar-refractivity contribution >= 4 is 0 Å². The third-order valence-electron chi connectivity index (χ3n) is 0.808. The summed E-state index contributed by atoms with van der Waals surface area (Å²) in [5.41, 5.74) is 0.370. The van der Waals surface area contributed by atoms with Crippen molar-refractivity contribution in [1.82, 2.24) is 0 Å². The molecule has 0 rings (SSSR count). The van der Waals surface area contributed by atoms with E-state index >= 15 is 0 Å². The molecule has 0 aromatic carbocycles. The van der Waals surface area contributed by atoms with Crippen molar-refractivity contribution in [2.45, 2.75) is 6.42 Å². The van der Waals surface area contributed by atoms with Crippen LogP contribution in [0.4, 0.5) is 0 Å². The number of nitrogens with zero attached hydrogens (tertiary/aromatic N) is 1. The van der Waals surface area contributed by atoms with Gasteiger partial charge in [-0.15, -0.1) is 11.5 Å². The zero-order valence-electron chi connectivity index (χ0n) is 5.21. The molecular formula is C7H9NO. The molecule has 0 spiro atoms. The Balaban J connectivity index is 3.89. The lowest BCUT2D eigenvalue weighted by Crippen LogP contribution is -1.66. The molecule has 0 aliphatic rings. The lowest BCUT2D eigenvalue weighted by atomic mass is 10.3. The van der Waals surface area contributed by atoms with E-state index in [9.17, 15) is 4.91 Å². The molecule has 0 heterocycles. The Hall–Kier alpha value is -1.18. The summed E-state index contributed by atoms with van der Waals surface area (Å²) in [4.78, 5) is 9.82. The van der Waals surface area contributed by atoms with E-state index < -0.39 is 0 Å². The maximum Gasteiger partial charge on any atom is 0.103 e.